The number of carbonyl (C=O) groups excluding carboxylic acids is 1. The van der Waals surface area contributed by atoms with E-state index in [-0.39, 0.29) is 11.3 Å². The second kappa shape index (κ2) is 5.21. The van der Waals surface area contributed by atoms with Crippen LogP contribution in [0, 0.1) is 25.5 Å². The van der Waals surface area contributed by atoms with E-state index < -0.39 is 17.4 Å². The van der Waals surface area contributed by atoms with E-state index in [1.807, 2.05) is 0 Å². The first kappa shape index (κ1) is 14.5. The van der Waals surface area contributed by atoms with E-state index in [2.05, 4.69) is 0 Å². The van der Waals surface area contributed by atoms with Gasteiger partial charge in [0.05, 0.1) is 11.3 Å². The van der Waals surface area contributed by atoms with Gasteiger partial charge in [-0.3, -0.25) is 4.79 Å². The van der Waals surface area contributed by atoms with E-state index in [1.54, 1.807) is 26.0 Å². The molecule has 2 N–H and O–H groups in total. The van der Waals surface area contributed by atoms with Crippen LogP contribution in [0.1, 0.15) is 27.0 Å². The van der Waals surface area contributed by atoms with Crippen LogP contribution in [0.3, 0.4) is 0 Å². The van der Waals surface area contributed by atoms with Crippen LogP contribution in [0.25, 0.3) is 0 Å². The highest BCUT2D eigenvalue weighted by atomic mass is 35.5. The van der Waals surface area contributed by atoms with Crippen LogP contribution in [0.2, 0.25) is 5.02 Å². The Kier molecular flexibility index (Phi) is 3.77. The first-order valence-corrected chi connectivity index (χ1v) is 6.25. The Hall–Kier alpha value is -1.94. The highest BCUT2D eigenvalue weighted by molar-refractivity contribution is 6.31. The van der Waals surface area contributed by atoms with Crippen LogP contribution in [-0.4, -0.2) is 5.78 Å². The average Bonchev–Trinajstić information content (AvgIpc) is 2.37. The van der Waals surface area contributed by atoms with Gasteiger partial charge in [0.25, 0.3) is 0 Å². The zero-order chi connectivity index (χ0) is 15.0. The molecule has 5 heteroatoms. The number of hydrogen-bond acceptors (Lipinski definition) is 2. The van der Waals surface area contributed by atoms with Crippen LogP contribution in [0.5, 0.6) is 0 Å². The molecule has 0 heterocycles. The summed E-state index contributed by atoms with van der Waals surface area (Å²) in [5.74, 6) is -2.37. The molecule has 104 valence electrons. The van der Waals surface area contributed by atoms with Gasteiger partial charge in [0.15, 0.2) is 5.78 Å². The Morgan fingerprint density at radius 2 is 1.65 bits per heavy atom. The molecule has 0 unspecified atom stereocenters. The number of aryl methyl sites for hydroxylation is 2. The topological polar surface area (TPSA) is 43.1 Å². The largest absolute Gasteiger partial charge is 0.396 e. The molecule has 2 rings (SSSR count). The number of anilines is 1. The molecule has 0 amide bonds. The number of hydrogen-bond donors (Lipinski definition) is 1. The Labute approximate surface area is 120 Å². The van der Waals surface area contributed by atoms with Crippen molar-refractivity contribution in [2.24, 2.45) is 0 Å². The summed E-state index contributed by atoms with van der Waals surface area (Å²) in [6, 6.07) is 4.84. The summed E-state index contributed by atoms with van der Waals surface area (Å²) in [6.07, 6.45) is 0. The number of nitrogen functional groups attached to an aromatic ring is 1. The van der Waals surface area contributed by atoms with Gasteiger partial charge in [-0.05, 0) is 43.2 Å². The van der Waals surface area contributed by atoms with E-state index in [0.29, 0.717) is 27.8 Å². The van der Waals surface area contributed by atoms with Crippen LogP contribution in [0.15, 0.2) is 24.3 Å². The Morgan fingerprint density at radius 3 is 2.30 bits per heavy atom. The Bertz CT molecular complexity index is 654. The zero-order valence-corrected chi connectivity index (χ0v) is 11.7. The van der Waals surface area contributed by atoms with Gasteiger partial charge in [-0.1, -0.05) is 11.6 Å². The molecule has 0 aromatic heterocycles. The van der Waals surface area contributed by atoms with Gasteiger partial charge < -0.3 is 5.73 Å². The smallest absolute Gasteiger partial charge is 0.196 e. The molecule has 0 spiro atoms. The molecular formula is C15H12ClF2NO. The van der Waals surface area contributed by atoms with Crippen molar-refractivity contribution in [2.75, 3.05) is 5.73 Å². The summed E-state index contributed by atoms with van der Waals surface area (Å²) in [5, 5.41) is 0.526. The minimum absolute atomic E-state index is 0.256. The van der Waals surface area contributed by atoms with E-state index in [0.717, 1.165) is 6.07 Å². The average molecular weight is 296 g/mol. The summed E-state index contributed by atoms with van der Waals surface area (Å²) in [5.41, 5.74) is 6.50. The predicted molar refractivity (Wildman–Crippen MR) is 75.1 cm³/mol. The van der Waals surface area contributed by atoms with Gasteiger partial charge in [0, 0.05) is 16.7 Å². The highest BCUT2D eigenvalue weighted by Crippen LogP contribution is 2.25. The lowest BCUT2D eigenvalue weighted by atomic mass is 9.96. The molecule has 0 bridgehead atoms. The second-order valence-electron chi connectivity index (χ2n) is 4.60. The lowest BCUT2D eigenvalue weighted by Gasteiger charge is -2.09. The predicted octanol–water partition coefficient (Wildman–Crippen LogP) is 4.05. The van der Waals surface area contributed by atoms with Crippen LogP contribution < -0.4 is 5.73 Å². The zero-order valence-electron chi connectivity index (χ0n) is 10.9. The van der Waals surface area contributed by atoms with Crippen LogP contribution >= 0.6 is 11.6 Å². The fourth-order valence-electron chi connectivity index (χ4n) is 1.91. The lowest BCUT2D eigenvalue weighted by Crippen LogP contribution is -2.08. The van der Waals surface area contributed by atoms with Crippen molar-refractivity contribution >= 4 is 23.1 Å². The molecular weight excluding hydrogens is 284 g/mol. The molecule has 0 radical (unpaired) electrons. The normalized spacial score (nSPS) is 10.7. The molecule has 2 aromatic carbocycles. The van der Waals surface area contributed by atoms with Gasteiger partial charge in [-0.2, -0.15) is 0 Å². The maximum Gasteiger partial charge on any atom is 0.196 e. The molecule has 0 aliphatic heterocycles. The molecule has 2 nitrogen and oxygen atoms in total. The van der Waals surface area contributed by atoms with E-state index >= 15 is 0 Å². The Balaban J connectivity index is 2.57. The molecule has 20 heavy (non-hydrogen) atoms. The molecule has 0 fully saturated rings. The SMILES string of the molecule is Cc1cc(C(=O)c2cc(N)c(F)cc2F)c(C)cc1Cl. The monoisotopic (exact) mass is 295 g/mol. The van der Waals surface area contributed by atoms with Gasteiger partial charge in [0.1, 0.15) is 11.6 Å². The van der Waals surface area contributed by atoms with Crippen molar-refractivity contribution in [1.29, 1.82) is 0 Å². The van der Waals surface area contributed by atoms with Gasteiger partial charge in [-0.25, -0.2) is 8.78 Å². The molecule has 0 saturated heterocycles. The van der Waals surface area contributed by atoms with E-state index in [9.17, 15) is 13.6 Å². The number of nitrogens with two attached hydrogens (primary N) is 1. The van der Waals surface area contributed by atoms with Gasteiger partial charge in [0.2, 0.25) is 0 Å². The van der Waals surface area contributed by atoms with Gasteiger partial charge in [-0.15, -0.1) is 0 Å². The minimum Gasteiger partial charge on any atom is -0.396 e. The van der Waals surface area contributed by atoms with Crippen LogP contribution in [-0.2, 0) is 0 Å². The number of ketones is 1. The number of carbonyl (C=O) groups is 1. The van der Waals surface area contributed by atoms with Crippen molar-refractivity contribution in [3.8, 4) is 0 Å². The number of benzene rings is 2. The number of rotatable bonds is 2. The first-order valence-electron chi connectivity index (χ1n) is 5.87. The summed E-state index contributed by atoms with van der Waals surface area (Å²) in [4.78, 5) is 12.4. The maximum atomic E-state index is 13.7. The Morgan fingerprint density at radius 1 is 1.00 bits per heavy atom. The van der Waals surface area contributed by atoms with E-state index in [1.165, 1.54) is 0 Å². The van der Waals surface area contributed by atoms with Crippen LogP contribution in [0.4, 0.5) is 14.5 Å². The highest BCUT2D eigenvalue weighted by Gasteiger charge is 2.19. The molecule has 0 atom stereocenters. The lowest BCUT2D eigenvalue weighted by molar-refractivity contribution is 0.103. The summed E-state index contributed by atoms with van der Waals surface area (Å²) >= 11 is 5.96. The van der Waals surface area contributed by atoms with Crippen molar-refractivity contribution < 1.29 is 13.6 Å². The van der Waals surface area contributed by atoms with Crippen molar-refractivity contribution in [3.63, 3.8) is 0 Å². The van der Waals surface area contributed by atoms with Crippen molar-refractivity contribution in [2.45, 2.75) is 13.8 Å². The fraction of sp³-hybridized carbons (Fsp3) is 0.133. The van der Waals surface area contributed by atoms with Crippen molar-refractivity contribution in [1.82, 2.24) is 0 Å². The first-order chi connectivity index (χ1) is 9.31. The third-order valence-electron chi connectivity index (χ3n) is 3.08. The third kappa shape index (κ3) is 2.51. The molecule has 0 aliphatic rings. The summed E-state index contributed by atoms with van der Waals surface area (Å²) in [6.45, 7) is 3.44. The van der Waals surface area contributed by atoms with Crippen molar-refractivity contribution in [3.05, 3.63) is 63.2 Å². The minimum atomic E-state index is -0.936. The number of halogens is 3. The summed E-state index contributed by atoms with van der Waals surface area (Å²) < 4.78 is 26.9. The van der Waals surface area contributed by atoms with E-state index in [4.69, 9.17) is 17.3 Å². The summed E-state index contributed by atoms with van der Waals surface area (Å²) in [7, 11) is 0. The fourth-order valence-corrected chi connectivity index (χ4v) is 2.13. The third-order valence-corrected chi connectivity index (χ3v) is 3.49. The molecule has 0 saturated carbocycles. The molecule has 2 aromatic rings. The second-order valence-corrected chi connectivity index (χ2v) is 5.01. The van der Waals surface area contributed by atoms with Gasteiger partial charge >= 0.3 is 0 Å². The molecule has 0 aliphatic carbocycles. The maximum absolute atomic E-state index is 13.7. The standard InChI is InChI=1S/C15H12ClF2NO/c1-7-4-11(16)8(2)3-9(7)15(20)10-5-14(19)13(18)6-12(10)17/h3-6H,19H2,1-2H3. The quantitative estimate of drug-likeness (QED) is 0.671.